The number of carbonyl (C=O) groups is 1. The number of nitrogens with two attached hydrogens (primary N) is 1. The predicted molar refractivity (Wildman–Crippen MR) is 96.0 cm³/mol. The van der Waals surface area contributed by atoms with Crippen molar-refractivity contribution in [2.24, 2.45) is 5.92 Å². The lowest BCUT2D eigenvalue weighted by Gasteiger charge is -2.16. The van der Waals surface area contributed by atoms with Gasteiger partial charge >= 0.3 is 0 Å². The molecule has 6 heteroatoms. The van der Waals surface area contributed by atoms with Crippen molar-refractivity contribution in [2.75, 3.05) is 31.7 Å². The van der Waals surface area contributed by atoms with Crippen molar-refractivity contribution in [1.29, 1.82) is 0 Å². The lowest BCUT2D eigenvalue weighted by molar-refractivity contribution is 0.0824. The molecular weight excluding hydrogens is 319 g/mol. The summed E-state index contributed by atoms with van der Waals surface area (Å²) in [5.74, 6) is 0.443. The van der Waals surface area contributed by atoms with Gasteiger partial charge in [0.15, 0.2) is 0 Å². The Morgan fingerprint density at radius 2 is 2.16 bits per heavy atom. The second kappa shape index (κ2) is 5.18. The van der Waals surface area contributed by atoms with Crippen molar-refractivity contribution in [2.45, 2.75) is 18.8 Å². The maximum atomic E-state index is 15.1. The number of benzene rings is 1. The summed E-state index contributed by atoms with van der Waals surface area (Å²) in [5.41, 5.74) is 8.21. The normalized spacial score (nSPS) is 23.3. The van der Waals surface area contributed by atoms with E-state index in [0.29, 0.717) is 17.0 Å². The Labute approximate surface area is 146 Å². The minimum Gasteiger partial charge on any atom is -0.398 e. The van der Waals surface area contributed by atoms with E-state index in [9.17, 15) is 4.79 Å². The van der Waals surface area contributed by atoms with Gasteiger partial charge in [-0.15, -0.1) is 0 Å². The summed E-state index contributed by atoms with van der Waals surface area (Å²) in [6, 6.07) is 5.20. The van der Waals surface area contributed by atoms with Gasteiger partial charge in [-0.25, -0.2) is 9.37 Å². The second-order valence-electron chi connectivity index (χ2n) is 7.33. The highest BCUT2D eigenvalue weighted by Crippen LogP contribution is 2.58. The maximum Gasteiger partial charge on any atom is 0.258 e. The molecule has 5 nitrogen and oxygen atoms in total. The van der Waals surface area contributed by atoms with E-state index in [0.717, 1.165) is 24.3 Å². The monoisotopic (exact) mass is 340 g/mol. The van der Waals surface area contributed by atoms with Gasteiger partial charge in [0, 0.05) is 54.6 Å². The number of carbonyl (C=O) groups excluding carboxylic acids is 1. The zero-order valence-electron chi connectivity index (χ0n) is 14.6. The van der Waals surface area contributed by atoms with Crippen LogP contribution in [0.2, 0.25) is 0 Å². The van der Waals surface area contributed by atoms with Crippen molar-refractivity contribution in [3.05, 3.63) is 41.3 Å². The molecule has 1 aliphatic carbocycles. The van der Waals surface area contributed by atoms with Gasteiger partial charge in [0.05, 0.1) is 5.56 Å². The van der Waals surface area contributed by atoms with Gasteiger partial charge in [0.25, 0.3) is 5.91 Å². The Balaban J connectivity index is 1.83. The number of anilines is 2. The minimum atomic E-state index is -0.593. The Hall–Kier alpha value is -2.63. The molecule has 2 heterocycles. The summed E-state index contributed by atoms with van der Waals surface area (Å²) in [7, 11) is 3.16. The average molecular weight is 340 g/mol. The maximum absolute atomic E-state index is 15.1. The standard InChI is InChI=1S/C19H21FN4O/c1-10-7-19(10)9-23-17-13(19)6-11(8-22-17)12-4-5-14(21)15(16(12)20)18(25)24(2)3/h4-6,8,10H,7,9,21H2,1-3H3,(H,22,23)/t10-,19-/m0/s1. The van der Waals surface area contributed by atoms with Crippen LogP contribution in [0.1, 0.15) is 29.3 Å². The summed E-state index contributed by atoms with van der Waals surface area (Å²) >= 11 is 0. The lowest BCUT2D eigenvalue weighted by Crippen LogP contribution is -2.24. The fourth-order valence-electron chi connectivity index (χ4n) is 3.83. The first-order valence-corrected chi connectivity index (χ1v) is 8.39. The van der Waals surface area contributed by atoms with Crippen molar-refractivity contribution >= 4 is 17.4 Å². The number of hydrogen-bond acceptors (Lipinski definition) is 4. The van der Waals surface area contributed by atoms with Crippen LogP contribution in [0.15, 0.2) is 24.4 Å². The highest BCUT2D eigenvalue weighted by atomic mass is 19.1. The van der Waals surface area contributed by atoms with Crippen LogP contribution in [0.4, 0.5) is 15.9 Å². The molecule has 2 aliphatic rings. The van der Waals surface area contributed by atoms with Crippen LogP contribution in [-0.2, 0) is 5.41 Å². The fraction of sp³-hybridized carbons (Fsp3) is 0.368. The van der Waals surface area contributed by atoms with Crippen molar-refractivity contribution < 1.29 is 9.18 Å². The molecule has 25 heavy (non-hydrogen) atoms. The third-order valence-electron chi connectivity index (χ3n) is 5.55. The Morgan fingerprint density at radius 1 is 1.44 bits per heavy atom. The van der Waals surface area contributed by atoms with Crippen LogP contribution >= 0.6 is 0 Å². The number of amides is 1. The van der Waals surface area contributed by atoms with Crippen LogP contribution in [0.25, 0.3) is 11.1 Å². The quantitative estimate of drug-likeness (QED) is 0.825. The van der Waals surface area contributed by atoms with Gasteiger partial charge in [0.1, 0.15) is 11.6 Å². The SMILES string of the molecule is C[C@H]1C[C@]12CNc1ncc(-c3ccc(N)c(C(=O)N(C)C)c3F)cc12. The van der Waals surface area contributed by atoms with E-state index in [1.165, 1.54) is 4.90 Å². The van der Waals surface area contributed by atoms with E-state index in [-0.39, 0.29) is 16.7 Å². The largest absolute Gasteiger partial charge is 0.398 e. The van der Waals surface area contributed by atoms with Crippen LogP contribution in [0.5, 0.6) is 0 Å². The van der Waals surface area contributed by atoms with Crippen LogP contribution < -0.4 is 11.1 Å². The number of hydrogen-bond donors (Lipinski definition) is 2. The first-order valence-electron chi connectivity index (χ1n) is 8.39. The molecule has 0 bridgehead atoms. The zero-order valence-corrected chi connectivity index (χ0v) is 14.6. The number of fused-ring (bicyclic) bond motifs is 2. The van der Waals surface area contributed by atoms with Gasteiger partial charge in [-0.3, -0.25) is 4.79 Å². The van der Waals surface area contributed by atoms with E-state index in [1.807, 2.05) is 6.07 Å². The highest BCUT2D eigenvalue weighted by molar-refractivity contribution is 6.00. The molecule has 1 fully saturated rings. The molecule has 130 valence electrons. The molecule has 1 aromatic carbocycles. The predicted octanol–water partition coefficient (Wildman–Crippen LogP) is 2.87. The van der Waals surface area contributed by atoms with E-state index >= 15 is 4.39 Å². The van der Waals surface area contributed by atoms with E-state index in [1.54, 1.807) is 32.4 Å². The molecular formula is C19H21FN4O. The summed E-state index contributed by atoms with van der Waals surface area (Å²) in [6.45, 7) is 3.11. The molecule has 1 saturated carbocycles. The van der Waals surface area contributed by atoms with Crippen molar-refractivity contribution in [1.82, 2.24) is 9.88 Å². The van der Waals surface area contributed by atoms with Crippen LogP contribution in [0, 0.1) is 11.7 Å². The van der Waals surface area contributed by atoms with Crippen molar-refractivity contribution in [3.8, 4) is 11.1 Å². The molecule has 2 aromatic rings. The first-order chi connectivity index (χ1) is 11.8. The summed E-state index contributed by atoms with van der Waals surface area (Å²) < 4.78 is 15.1. The molecule has 1 amide bonds. The van der Waals surface area contributed by atoms with Gasteiger partial charge < -0.3 is 16.0 Å². The lowest BCUT2D eigenvalue weighted by atomic mass is 9.94. The van der Waals surface area contributed by atoms with Gasteiger partial charge in [0.2, 0.25) is 0 Å². The minimum absolute atomic E-state index is 0.0874. The molecule has 1 aliphatic heterocycles. The Bertz CT molecular complexity index is 895. The topological polar surface area (TPSA) is 71.2 Å². The number of rotatable bonds is 2. The molecule has 1 spiro atoms. The van der Waals surface area contributed by atoms with Crippen LogP contribution in [-0.4, -0.2) is 36.4 Å². The first kappa shape index (κ1) is 15.9. The number of nitrogens with zero attached hydrogens (tertiary/aromatic N) is 2. The average Bonchev–Trinajstić information content (AvgIpc) is 3.09. The third-order valence-corrected chi connectivity index (χ3v) is 5.55. The molecule has 2 atom stereocenters. The molecule has 1 aromatic heterocycles. The molecule has 0 saturated heterocycles. The molecule has 3 N–H and O–H groups in total. The van der Waals surface area contributed by atoms with Gasteiger partial charge in [-0.1, -0.05) is 6.92 Å². The van der Waals surface area contributed by atoms with E-state index in [2.05, 4.69) is 17.2 Å². The third kappa shape index (κ3) is 2.20. The Morgan fingerprint density at radius 3 is 2.80 bits per heavy atom. The fourth-order valence-corrected chi connectivity index (χ4v) is 3.83. The summed E-state index contributed by atoms with van der Waals surface area (Å²) in [4.78, 5) is 18.1. The number of aromatic nitrogens is 1. The highest BCUT2D eigenvalue weighted by Gasteiger charge is 2.56. The smallest absolute Gasteiger partial charge is 0.258 e. The summed E-state index contributed by atoms with van der Waals surface area (Å²) in [6.07, 6.45) is 2.77. The second-order valence-corrected chi connectivity index (χ2v) is 7.33. The number of pyridine rings is 1. The van der Waals surface area contributed by atoms with Gasteiger partial charge in [-0.05, 0) is 30.5 Å². The van der Waals surface area contributed by atoms with Gasteiger partial charge in [-0.2, -0.15) is 0 Å². The Kier molecular flexibility index (Phi) is 3.29. The van der Waals surface area contributed by atoms with Crippen LogP contribution in [0.3, 0.4) is 0 Å². The van der Waals surface area contributed by atoms with E-state index in [4.69, 9.17) is 5.73 Å². The summed E-state index contributed by atoms with van der Waals surface area (Å²) in [5, 5.41) is 3.34. The van der Waals surface area contributed by atoms with Crippen molar-refractivity contribution in [3.63, 3.8) is 0 Å². The molecule has 0 radical (unpaired) electrons. The molecule has 4 rings (SSSR count). The number of halogens is 1. The zero-order chi connectivity index (χ0) is 17.9. The number of nitrogens with one attached hydrogen (secondary N) is 1. The molecule has 0 unspecified atom stereocenters. The number of nitrogen functional groups attached to an aromatic ring is 1. The van der Waals surface area contributed by atoms with E-state index < -0.39 is 11.7 Å².